The molecule has 0 bridgehead atoms. The summed E-state index contributed by atoms with van der Waals surface area (Å²) in [6.07, 6.45) is 12.9. The summed E-state index contributed by atoms with van der Waals surface area (Å²) < 4.78 is 25.3. The van der Waals surface area contributed by atoms with Gasteiger partial charge in [0.25, 0.3) is 0 Å². The van der Waals surface area contributed by atoms with Crippen LogP contribution in [0.4, 0.5) is 4.39 Å². The molecule has 3 nitrogen and oxygen atoms in total. The minimum absolute atomic E-state index is 0.133. The highest BCUT2D eigenvalue weighted by Crippen LogP contribution is 2.31. The summed E-state index contributed by atoms with van der Waals surface area (Å²) in [5.41, 5.74) is 3.49. The van der Waals surface area contributed by atoms with Crippen LogP contribution >= 0.6 is 11.6 Å². The lowest BCUT2D eigenvalue weighted by atomic mass is 9.82. The predicted molar refractivity (Wildman–Crippen MR) is 125 cm³/mol. The van der Waals surface area contributed by atoms with Gasteiger partial charge in [0.1, 0.15) is 18.2 Å². The number of hydrogen-bond donors (Lipinski definition) is 0. The van der Waals surface area contributed by atoms with Gasteiger partial charge in [0, 0.05) is 26.2 Å². The van der Waals surface area contributed by atoms with Gasteiger partial charge in [-0.05, 0) is 72.1 Å². The number of rotatable bonds is 7. The molecule has 1 aliphatic carbocycles. The SMILES string of the molecule is Fc1cc(COc2ccc3c(c2)CN(CC2C=CC=C[C@@H]2CC2CCO2)CC3)ccc1Cl. The van der Waals surface area contributed by atoms with Crippen molar-refractivity contribution >= 4 is 11.6 Å². The third-order valence-corrected chi connectivity index (χ3v) is 7.14. The highest BCUT2D eigenvalue weighted by Gasteiger charge is 2.28. The van der Waals surface area contributed by atoms with Gasteiger partial charge in [-0.1, -0.05) is 48.0 Å². The molecule has 168 valence electrons. The minimum Gasteiger partial charge on any atom is -0.489 e. The standard InChI is InChI=1S/C27H29ClFNO2/c28-26-8-5-19(13-27(26)29)18-32-24-7-6-20-9-11-30(17-23(20)15-24)16-22-4-2-1-3-21(22)14-25-10-12-31-25/h1-8,13,15,21-22,25H,9-12,14,16-18H2/t21-,22?,25?/m1/s1. The van der Waals surface area contributed by atoms with Crippen molar-refractivity contribution in [2.45, 2.75) is 38.5 Å². The fraction of sp³-hybridized carbons (Fsp3) is 0.407. The molecule has 3 aliphatic rings. The summed E-state index contributed by atoms with van der Waals surface area (Å²) >= 11 is 5.77. The first kappa shape index (κ1) is 21.7. The van der Waals surface area contributed by atoms with Gasteiger partial charge >= 0.3 is 0 Å². The van der Waals surface area contributed by atoms with Crippen molar-refractivity contribution in [2.24, 2.45) is 11.8 Å². The summed E-state index contributed by atoms with van der Waals surface area (Å²) in [5, 5.41) is 0.133. The van der Waals surface area contributed by atoms with Crippen molar-refractivity contribution in [3.63, 3.8) is 0 Å². The van der Waals surface area contributed by atoms with Crippen LogP contribution in [0.2, 0.25) is 5.02 Å². The van der Waals surface area contributed by atoms with Gasteiger partial charge in [0.05, 0.1) is 11.1 Å². The number of hydrogen-bond acceptors (Lipinski definition) is 3. The lowest BCUT2D eigenvalue weighted by Gasteiger charge is -2.36. The van der Waals surface area contributed by atoms with E-state index in [1.54, 1.807) is 12.1 Å². The Kier molecular flexibility index (Phi) is 6.63. The molecule has 2 aromatic rings. The molecular formula is C27H29ClFNO2. The molecule has 5 rings (SSSR count). The number of ether oxygens (including phenoxy) is 2. The van der Waals surface area contributed by atoms with Gasteiger partial charge in [0.2, 0.25) is 0 Å². The molecule has 2 heterocycles. The van der Waals surface area contributed by atoms with Gasteiger partial charge in [0.15, 0.2) is 0 Å². The topological polar surface area (TPSA) is 21.7 Å². The Morgan fingerprint density at radius 3 is 2.69 bits per heavy atom. The highest BCUT2D eigenvalue weighted by molar-refractivity contribution is 6.30. The molecule has 0 spiro atoms. The third kappa shape index (κ3) is 5.09. The van der Waals surface area contributed by atoms with E-state index in [1.165, 1.54) is 23.6 Å². The van der Waals surface area contributed by atoms with Crippen LogP contribution in [0.3, 0.4) is 0 Å². The van der Waals surface area contributed by atoms with E-state index in [4.69, 9.17) is 21.1 Å². The van der Waals surface area contributed by atoms with E-state index in [-0.39, 0.29) is 5.02 Å². The Bertz CT molecular complexity index is 1020. The molecule has 0 radical (unpaired) electrons. The van der Waals surface area contributed by atoms with Crippen LogP contribution in [0.15, 0.2) is 60.7 Å². The predicted octanol–water partition coefficient (Wildman–Crippen LogP) is 5.95. The number of nitrogens with zero attached hydrogens (tertiary/aromatic N) is 1. The Morgan fingerprint density at radius 2 is 1.91 bits per heavy atom. The molecule has 0 aromatic heterocycles. The average molecular weight is 454 g/mol. The zero-order valence-electron chi connectivity index (χ0n) is 18.2. The van der Waals surface area contributed by atoms with Crippen LogP contribution in [0, 0.1) is 17.7 Å². The van der Waals surface area contributed by atoms with Gasteiger partial charge < -0.3 is 9.47 Å². The van der Waals surface area contributed by atoms with Crippen LogP contribution in [0.25, 0.3) is 0 Å². The van der Waals surface area contributed by atoms with Crippen LogP contribution in [0.5, 0.6) is 5.75 Å². The lowest BCUT2D eigenvalue weighted by Crippen LogP contribution is -2.38. The summed E-state index contributed by atoms with van der Waals surface area (Å²) in [6.45, 7) is 4.32. The van der Waals surface area contributed by atoms with Crippen molar-refractivity contribution in [1.82, 2.24) is 4.90 Å². The molecule has 5 heteroatoms. The number of allylic oxidation sites excluding steroid dienone is 3. The normalized spacial score (nSPS) is 24.8. The van der Waals surface area contributed by atoms with Crippen molar-refractivity contribution in [2.75, 3.05) is 19.7 Å². The molecule has 1 fully saturated rings. The first-order chi connectivity index (χ1) is 15.6. The summed E-state index contributed by atoms with van der Waals surface area (Å²) in [4.78, 5) is 2.56. The van der Waals surface area contributed by atoms with E-state index in [9.17, 15) is 4.39 Å². The van der Waals surface area contributed by atoms with Crippen LogP contribution in [-0.4, -0.2) is 30.7 Å². The number of benzene rings is 2. The Labute approximate surface area is 194 Å². The fourth-order valence-electron chi connectivity index (χ4n) is 4.85. The van der Waals surface area contributed by atoms with E-state index >= 15 is 0 Å². The zero-order valence-corrected chi connectivity index (χ0v) is 18.9. The molecule has 2 unspecified atom stereocenters. The second-order valence-corrected chi connectivity index (χ2v) is 9.47. The van der Waals surface area contributed by atoms with Crippen LogP contribution < -0.4 is 4.74 Å². The lowest BCUT2D eigenvalue weighted by molar-refractivity contribution is -0.0628. The maximum absolute atomic E-state index is 13.7. The molecule has 1 saturated heterocycles. The van der Waals surface area contributed by atoms with Crippen molar-refractivity contribution in [1.29, 1.82) is 0 Å². The van der Waals surface area contributed by atoms with Crippen molar-refractivity contribution in [3.05, 3.63) is 88.2 Å². The Morgan fingerprint density at radius 1 is 1.06 bits per heavy atom. The molecule has 3 atom stereocenters. The maximum atomic E-state index is 13.7. The van der Waals surface area contributed by atoms with E-state index in [1.807, 2.05) is 6.07 Å². The first-order valence-electron chi connectivity index (χ1n) is 11.5. The molecule has 32 heavy (non-hydrogen) atoms. The average Bonchev–Trinajstić information content (AvgIpc) is 2.78. The zero-order chi connectivity index (χ0) is 21.9. The maximum Gasteiger partial charge on any atom is 0.142 e. The quantitative estimate of drug-likeness (QED) is 0.516. The number of fused-ring (bicyclic) bond motifs is 1. The van der Waals surface area contributed by atoms with E-state index < -0.39 is 5.82 Å². The van der Waals surface area contributed by atoms with Crippen molar-refractivity contribution < 1.29 is 13.9 Å². The fourth-order valence-corrected chi connectivity index (χ4v) is 4.97. The Hall–Kier alpha value is -2.14. The minimum atomic E-state index is -0.414. The third-order valence-electron chi connectivity index (χ3n) is 6.83. The first-order valence-corrected chi connectivity index (χ1v) is 11.9. The molecule has 2 aromatic carbocycles. The van der Waals surface area contributed by atoms with Crippen LogP contribution in [-0.2, 0) is 24.3 Å². The van der Waals surface area contributed by atoms with Gasteiger partial charge in [-0.15, -0.1) is 0 Å². The summed E-state index contributed by atoms with van der Waals surface area (Å²) in [5.74, 6) is 1.50. The molecular weight excluding hydrogens is 425 g/mol. The van der Waals surface area contributed by atoms with E-state index in [2.05, 4.69) is 41.3 Å². The molecule has 0 saturated carbocycles. The number of halogens is 2. The highest BCUT2D eigenvalue weighted by atomic mass is 35.5. The van der Waals surface area contributed by atoms with Crippen LogP contribution in [0.1, 0.15) is 29.5 Å². The second-order valence-electron chi connectivity index (χ2n) is 9.07. The summed E-state index contributed by atoms with van der Waals surface area (Å²) in [6, 6.07) is 11.1. The Balaban J connectivity index is 1.20. The van der Waals surface area contributed by atoms with E-state index in [0.717, 1.165) is 50.4 Å². The molecule has 0 amide bonds. The smallest absolute Gasteiger partial charge is 0.142 e. The molecule has 0 N–H and O–H groups in total. The molecule has 2 aliphatic heterocycles. The van der Waals surface area contributed by atoms with Gasteiger partial charge in [-0.25, -0.2) is 4.39 Å². The monoisotopic (exact) mass is 453 g/mol. The summed E-state index contributed by atoms with van der Waals surface area (Å²) in [7, 11) is 0. The van der Waals surface area contributed by atoms with Gasteiger partial charge in [-0.2, -0.15) is 0 Å². The van der Waals surface area contributed by atoms with Gasteiger partial charge in [-0.3, -0.25) is 4.90 Å². The second kappa shape index (κ2) is 9.78. The largest absolute Gasteiger partial charge is 0.489 e. The van der Waals surface area contributed by atoms with E-state index in [0.29, 0.717) is 24.5 Å². The van der Waals surface area contributed by atoms with Crippen molar-refractivity contribution in [3.8, 4) is 5.75 Å².